The van der Waals surface area contributed by atoms with Crippen molar-refractivity contribution in [1.82, 2.24) is 0 Å². The minimum Gasteiger partial charge on any atom is -0.320 e. The van der Waals surface area contributed by atoms with E-state index in [-0.39, 0.29) is 11.8 Å². The normalized spacial score (nSPS) is 10.6. The van der Waals surface area contributed by atoms with Gasteiger partial charge in [-0.3, -0.25) is 9.59 Å². The van der Waals surface area contributed by atoms with Crippen LogP contribution in [-0.4, -0.2) is 11.8 Å². The summed E-state index contributed by atoms with van der Waals surface area (Å²) in [5.74, 6) is -0.401. The number of amides is 2. The Balaban J connectivity index is 1.51. The van der Waals surface area contributed by atoms with Crippen LogP contribution < -0.4 is 10.6 Å². The summed E-state index contributed by atoms with van der Waals surface area (Å²) in [7, 11) is 0. The molecule has 0 saturated carbocycles. The van der Waals surface area contributed by atoms with Crippen molar-refractivity contribution in [1.29, 1.82) is 0 Å². The van der Waals surface area contributed by atoms with Crippen molar-refractivity contribution in [3.63, 3.8) is 0 Å². The van der Waals surface area contributed by atoms with E-state index in [9.17, 15) is 9.59 Å². The summed E-state index contributed by atoms with van der Waals surface area (Å²) in [5, 5.41) is 10.2. The van der Waals surface area contributed by atoms with Crippen LogP contribution in [0.2, 0.25) is 10.0 Å². The first-order valence-electron chi connectivity index (χ1n) is 8.80. The van der Waals surface area contributed by atoms with Crippen molar-refractivity contribution < 1.29 is 9.59 Å². The Morgan fingerprint density at radius 3 is 1.43 bits per heavy atom. The second kappa shape index (κ2) is 9.02. The molecule has 8 heteroatoms. The zero-order valence-corrected chi connectivity index (χ0v) is 18.5. The Bertz CT molecular complexity index is 1110. The van der Waals surface area contributed by atoms with Gasteiger partial charge in [0.05, 0.1) is 31.2 Å². The lowest BCUT2D eigenvalue weighted by Crippen LogP contribution is -2.10. The van der Waals surface area contributed by atoms with Crippen LogP contribution in [0.1, 0.15) is 19.3 Å². The van der Waals surface area contributed by atoms with Gasteiger partial charge >= 0.3 is 0 Å². The Morgan fingerprint density at radius 1 is 0.667 bits per heavy atom. The van der Waals surface area contributed by atoms with Crippen LogP contribution in [0.4, 0.5) is 11.4 Å². The molecule has 2 aromatic carbocycles. The Morgan fingerprint density at radius 2 is 1.10 bits per heavy atom. The summed E-state index contributed by atoms with van der Waals surface area (Å²) in [5.41, 5.74) is 2.74. The zero-order valence-electron chi connectivity index (χ0n) is 15.3. The molecule has 4 rings (SSSR count). The van der Waals surface area contributed by atoms with Crippen molar-refractivity contribution in [2.24, 2.45) is 0 Å². The molecule has 0 aliphatic rings. The standard InChI is InChI=1S/C22H14Cl2N2O2S2/c23-15-11-13(5-7-17(15)25-21(27)19-3-1-9-29-19)14-6-8-18(16(24)12-14)26-22(28)20-4-2-10-30-20/h1-12H,(H,25,27)(H,26,28). The first kappa shape index (κ1) is 20.6. The number of hydrogen-bond donors (Lipinski definition) is 2. The molecule has 0 bridgehead atoms. The van der Waals surface area contributed by atoms with Gasteiger partial charge < -0.3 is 10.6 Å². The molecule has 0 fully saturated rings. The van der Waals surface area contributed by atoms with Gasteiger partial charge in [0.1, 0.15) is 0 Å². The first-order chi connectivity index (χ1) is 14.5. The lowest BCUT2D eigenvalue weighted by molar-refractivity contribution is 0.102. The Hall–Kier alpha value is -2.64. The molecule has 150 valence electrons. The van der Waals surface area contributed by atoms with Gasteiger partial charge in [-0.15, -0.1) is 22.7 Å². The number of benzene rings is 2. The lowest BCUT2D eigenvalue weighted by Gasteiger charge is -2.11. The third-order valence-electron chi connectivity index (χ3n) is 4.26. The van der Waals surface area contributed by atoms with Crippen molar-refractivity contribution >= 4 is 69.1 Å². The van der Waals surface area contributed by atoms with Crippen molar-refractivity contribution in [3.8, 4) is 11.1 Å². The van der Waals surface area contributed by atoms with Gasteiger partial charge in [0, 0.05) is 0 Å². The minimum absolute atomic E-state index is 0.200. The predicted molar refractivity (Wildman–Crippen MR) is 126 cm³/mol. The minimum atomic E-state index is -0.200. The van der Waals surface area contributed by atoms with Gasteiger partial charge in [-0.2, -0.15) is 0 Å². The van der Waals surface area contributed by atoms with Gasteiger partial charge in [0.25, 0.3) is 11.8 Å². The molecule has 2 heterocycles. The third-order valence-corrected chi connectivity index (χ3v) is 6.62. The van der Waals surface area contributed by atoms with E-state index in [1.165, 1.54) is 22.7 Å². The highest BCUT2D eigenvalue weighted by Crippen LogP contribution is 2.33. The van der Waals surface area contributed by atoms with Crippen LogP contribution >= 0.6 is 45.9 Å². The maximum atomic E-state index is 12.2. The van der Waals surface area contributed by atoms with Gasteiger partial charge in [-0.25, -0.2) is 0 Å². The highest BCUT2D eigenvalue weighted by atomic mass is 35.5. The van der Waals surface area contributed by atoms with Gasteiger partial charge in [-0.1, -0.05) is 47.5 Å². The van der Waals surface area contributed by atoms with E-state index in [0.717, 1.165) is 11.1 Å². The summed E-state index contributed by atoms with van der Waals surface area (Å²) in [4.78, 5) is 25.7. The lowest BCUT2D eigenvalue weighted by atomic mass is 10.0. The monoisotopic (exact) mass is 472 g/mol. The van der Waals surface area contributed by atoms with E-state index in [4.69, 9.17) is 23.2 Å². The summed E-state index contributed by atoms with van der Waals surface area (Å²) < 4.78 is 0. The molecule has 0 unspecified atom stereocenters. The Kier molecular flexibility index (Phi) is 6.20. The van der Waals surface area contributed by atoms with Crippen LogP contribution in [0.3, 0.4) is 0 Å². The fourth-order valence-corrected chi connectivity index (χ4v) is 4.47. The number of thiophene rings is 2. The van der Waals surface area contributed by atoms with Crippen LogP contribution in [0.5, 0.6) is 0 Å². The maximum absolute atomic E-state index is 12.2. The topological polar surface area (TPSA) is 58.2 Å². The van der Waals surface area contributed by atoms with Crippen molar-refractivity contribution in [3.05, 3.63) is 91.2 Å². The van der Waals surface area contributed by atoms with E-state index in [1.54, 1.807) is 36.4 Å². The number of carbonyl (C=O) groups excluding carboxylic acids is 2. The fraction of sp³-hybridized carbons (Fsp3) is 0. The third kappa shape index (κ3) is 4.57. The van der Waals surface area contributed by atoms with Gasteiger partial charge in [0.2, 0.25) is 0 Å². The molecular weight excluding hydrogens is 459 g/mol. The molecule has 0 aliphatic heterocycles. The molecule has 0 saturated heterocycles. The van der Waals surface area contributed by atoms with Crippen LogP contribution in [0.25, 0.3) is 11.1 Å². The second-order valence-corrected chi connectivity index (χ2v) is 8.96. The molecular formula is C22H14Cl2N2O2S2. The van der Waals surface area contributed by atoms with E-state index in [0.29, 0.717) is 31.2 Å². The average molecular weight is 473 g/mol. The molecule has 0 spiro atoms. The first-order valence-corrected chi connectivity index (χ1v) is 11.3. The fourth-order valence-electron chi connectivity index (χ4n) is 2.78. The molecule has 4 aromatic rings. The van der Waals surface area contributed by atoms with E-state index in [2.05, 4.69) is 10.6 Å². The predicted octanol–water partition coefficient (Wildman–Crippen LogP) is 7.29. The molecule has 2 N–H and O–H groups in total. The SMILES string of the molecule is O=C(Nc1ccc(-c2ccc(NC(=O)c3cccs3)c(Cl)c2)cc1Cl)c1cccs1. The van der Waals surface area contributed by atoms with Crippen LogP contribution in [0.15, 0.2) is 71.4 Å². The highest BCUT2D eigenvalue weighted by molar-refractivity contribution is 7.12. The summed E-state index contributed by atoms with van der Waals surface area (Å²) >= 11 is 15.5. The maximum Gasteiger partial charge on any atom is 0.265 e. The quantitative estimate of drug-likeness (QED) is 0.320. The molecule has 0 atom stereocenters. The molecule has 30 heavy (non-hydrogen) atoms. The number of carbonyl (C=O) groups is 2. The molecule has 2 amide bonds. The molecule has 0 aliphatic carbocycles. The summed E-state index contributed by atoms with van der Waals surface area (Å²) in [6.07, 6.45) is 0. The largest absolute Gasteiger partial charge is 0.320 e. The number of rotatable bonds is 5. The average Bonchev–Trinajstić information content (AvgIpc) is 3.45. The van der Waals surface area contributed by atoms with Crippen LogP contribution in [-0.2, 0) is 0 Å². The molecule has 0 radical (unpaired) electrons. The zero-order chi connectivity index (χ0) is 21.1. The van der Waals surface area contributed by atoms with Gasteiger partial charge in [-0.05, 0) is 58.3 Å². The Labute approximate surface area is 191 Å². The van der Waals surface area contributed by atoms with Gasteiger partial charge in [0.15, 0.2) is 0 Å². The highest BCUT2D eigenvalue weighted by Gasteiger charge is 2.13. The molecule has 4 nitrogen and oxygen atoms in total. The summed E-state index contributed by atoms with van der Waals surface area (Å²) in [6.45, 7) is 0. The van der Waals surface area contributed by atoms with Crippen molar-refractivity contribution in [2.75, 3.05) is 10.6 Å². The number of hydrogen-bond acceptors (Lipinski definition) is 4. The number of halogens is 2. The summed E-state index contributed by atoms with van der Waals surface area (Å²) in [6, 6.07) is 17.9. The number of anilines is 2. The van der Waals surface area contributed by atoms with E-state index in [1.807, 2.05) is 35.0 Å². The van der Waals surface area contributed by atoms with E-state index >= 15 is 0 Å². The molecule has 2 aromatic heterocycles. The smallest absolute Gasteiger partial charge is 0.265 e. The van der Waals surface area contributed by atoms with E-state index < -0.39 is 0 Å². The second-order valence-electron chi connectivity index (χ2n) is 6.25. The van der Waals surface area contributed by atoms with Crippen molar-refractivity contribution in [2.45, 2.75) is 0 Å². The number of nitrogens with one attached hydrogen (secondary N) is 2. The van der Waals surface area contributed by atoms with Crippen LogP contribution in [0, 0.1) is 0 Å².